The van der Waals surface area contributed by atoms with Gasteiger partial charge in [0.25, 0.3) is 0 Å². The third kappa shape index (κ3) is 3.28. The van der Waals surface area contributed by atoms with Crippen LogP contribution in [0.25, 0.3) is 11.3 Å². The Balaban J connectivity index is 1.48. The molecule has 4 rings (SSSR count). The van der Waals surface area contributed by atoms with Crippen molar-refractivity contribution in [3.05, 3.63) is 70.2 Å². The summed E-state index contributed by atoms with van der Waals surface area (Å²) >= 11 is 12.3. The summed E-state index contributed by atoms with van der Waals surface area (Å²) in [6.45, 7) is 0. The lowest BCUT2D eigenvalue weighted by Crippen LogP contribution is -2.23. The highest BCUT2D eigenvalue weighted by molar-refractivity contribution is 6.33. The lowest BCUT2D eigenvalue weighted by atomic mass is 10.1. The molecule has 1 unspecified atom stereocenters. The predicted octanol–water partition coefficient (Wildman–Crippen LogP) is 5.00. The molecule has 0 fully saturated rings. The fraction of sp³-hybridized carbons (Fsp3) is 0.158. The third-order valence-electron chi connectivity index (χ3n) is 4.41. The van der Waals surface area contributed by atoms with Gasteiger partial charge in [0.15, 0.2) is 12.2 Å². The van der Waals surface area contributed by atoms with Crippen molar-refractivity contribution in [2.75, 3.05) is 5.32 Å². The molecule has 1 aliphatic rings. The molecule has 0 saturated heterocycles. The van der Waals surface area contributed by atoms with Crippen molar-refractivity contribution in [3.63, 3.8) is 0 Å². The summed E-state index contributed by atoms with van der Waals surface area (Å²) < 4.78 is 5.25. The second-order valence-corrected chi connectivity index (χ2v) is 6.91. The van der Waals surface area contributed by atoms with Crippen molar-refractivity contribution in [1.82, 2.24) is 4.98 Å². The predicted molar refractivity (Wildman–Crippen MR) is 97.9 cm³/mol. The van der Waals surface area contributed by atoms with Gasteiger partial charge >= 0.3 is 0 Å². The summed E-state index contributed by atoms with van der Waals surface area (Å²) in [5, 5.41) is 4.14. The molecule has 1 N–H and O–H groups in total. The number of benzene rings is 2. The Morgan fingerprint density at radius 3 is 2.72 bits per heavy atom. The Bertz CT molecular complexity index is 939. The van der Waals surface area contributed by atoms with Gasteiger partial charge in [-0.25, -0.2) is 4.98 Å². The molecule has 2 aromatic carbocycles. The van der Waals surface area contributed by atoms with E-state index >= 15 is 0 Å². The van der Waals surface area contributed by atoms with Gasteiger partial charge < -0.3 is 9.73 Å². The minimum Gasteiger partial charge on any atom is -0.443 e. The van der Waals surface area contributed by atoms with Gasteiger partial charge in [-0.15, -0.1) is 0 Å². The van der Waals surface area contributed by atoms with Crippen LogP contribution in [0.5, 0.6) is 0 Å². The van der Waals surface area contributed by atoms with Gasteiger partial charge in [0.05, 0.1) is 11.2 Å². The molecule has 1 atom stereocenters. The number of nitrogens with zero attached hydrogens (tertiary/aromatic N) is 1. The Morgan fingerprint density at radius 2 is 1.96 bits per heavy atom. The normalized spacial score (nSPS) is 15.8. The number of nitrogens with one attached hydrogen (secondary N) is 1. The first-order chi connectivity index (χ1) is 12.1. The highest BCUT2D eigenvalue weighted by Crippen LogP contribution is 2.32. The average molecular weight is 373 g/mol. The van der Waals surface area contributed by atoms with Crippen molar-refractivity contribution < 1.29 is 9.21 Å². The Morgan fingerprint density at radius 1 is 1.12 bits per heavy atom. The second kappa shape index (κ2) is 6.54. The zero-order chi connectivity index (χ0) is 17.4. The molecule has 0 aliphatic heterocycles. The Hall–Kier alpha value is -2.30. The van der Waals surface area contributed by atoms with Crippen LogP contribution in [0.4, 0.5) is 5.69 Å². The van der Waals surface area contributed by atoms with Crippen molar-refractivity contribution in [2.45, 2.75) is 12.8 Å². The number of aromatic nitrogens is 1. The Labute approximate surface area is 154 Å². The molecule has 1 aliphatic carbocycles. The average Bonchev–Trinajstić information content (AvgIpc) is 3.23. The summed E-state index contributed by atoms with van der Waals surface area (Å²) in [7, 11) is 0. The maximum atomic E-state index is 12.6. The summed E-state index contributed by atoms with van der Waals surface area (Å²) in [4.78, 5) is 16.5. The molecule has 4 nitrogen and oxygen atoms in total. The summed E-state index contributed by atoms with van der Waals surface area (Å²) in [5.74, 6) is 0.475. The topological polar surface area (TPSA) is 55.1 Å². The van der Waals surface area contributed by atoms with Crippen LogP contribution in [0.2, 0.25) is 10.0 Å². The van der Waals surface area contributed by atoms with Crippen LogP contribution >= 0.6 is 23.2 Å². The summed E-state index contributed by atoms with van der Waals surface area (Å²) in [6, 6.07) is 11.1. The summed E-state index contributed by atoms with van der Waals surface area (Å²) in [5.41, 5.74) is 3.72. The van der Waals surface area contributed by atoms with Crippen LogP contribution < -0.4 is 5.32 Å². The van der Waals surface area contributed by atoms with E-state index in [1.807, 2.05) is 24.3 Å². The largest absolute Gasteiger partial charge is 0.443 e. The molecule has 126 valence electrons. The number of carbonyl (C=O) groups excluding carboxylic acids is 1. The zero-order valence-corrected chi connectivity index (χ0v) is 14.6. The van der Waals surface area contributed by atoms with Crippen molar-refractivity contribution in [1.29, 1.82) is 0 Å². The number of oxazole rings is 1. The van der Waals surface area contributed by atoms with Crippen LogP contribution in [0.1, 0.15) is 11.1 Å². The molecular weight excluding hydrogens is 359 g/mol. The van der Waals surface area contributed by atoms with E-state index in [-0.39, 0.29) is 11.8 Å². The van der Waals surface area contributed by atoms with E-state index in [0.717, 1.165) is 17.5 Å². The molecule has 6 heteroatoms. The lowest BCUT2D eigenvalue weighted by Gasteiger charge is -2.11. The number of anilines is 1. The molecule has 0 bridgehead atoms. The second-order valence-electron chi connectivity index (χ2n) is 6.07. The molecule has 0 saturated carbocycles. The van der Waals surface area contributed by atoms with Gasteiger partial charge in [-0.05, 0) is 54.3 Å². The van der Waals surface area contributed by atoms with E-state index in [2.05, 4.69) is 10.3 Å². The molecule has 1 aromatic heterocycles. The SMILES string of the molecule is O=C(Nc1ccc(-c2cnco2)c(Cl)c1)C1Cc2ccc(Cl)cc2C1. The van der Waals surface area contributed by atoms with E-state index in [1.54, 1.807) is 18.3 Å². The number of rotatable bonds is 3. The van der Waals surface area contributed by atoms with E-state index in [4.69, 9.17) is 27.6 Å². The summed E-state index contributed by atoms with van der Waals surface area (Å²) in [6.07, 6.45) is 4.37. The number of hydrogen-bond acceptors (Lipinski definition) is 3. The number of halogens is 2. The minimum absolute atomic E-state index is 0.0178. The maximum absolute atomic E-state index is 12.6. The standard InChI is InChI=1S/C19H14Cl2N2O2/c20-14-2-1-11-5-13(6-12(11)7-14)19(24)23-15-3-4-16(17(21)8-15)18-9-22-10-25-18/h1-4,7-10,13H,5-6H2,(H,23,24). The fourth-order valence-electron chi connectivity index (χ4n) is 3.16. The number of fused-ring (bicyclic) bond motifs is 1. The van der Waals surface area contributed by atoms with Gasteiger partial charge in [0.2, 0.25) is 5.91 Å². The van der Waals surface area contributed by atoms with E-state index in [9.17, 15) is 4.79 Å². The quantitative estimate of drug-likeness (QED) is 0.703. The van der Waals surface area contributed by atoms with Crippen LogP contribution in [-0.2, 0) is 17.6 Å². The molecular formula is C19H14Cl2N2O2. The highest BCUT2D eigenvalue weighted by atomic mass is 35.5. The molecule has 1 amide bonds. The fourth-order valence-corrected chi connectivity index (χ4v) is 3.63. The first-order valence-corrected chi connectivity index (χ1v) is 8.62. The van der Waals surface area contributed by atoms with Crippen LogP contribution in [0, 0.1) is 5.92 Å². The molecule has 25 heavy (non-hydrogen) atoms. The van der Waals surface area contributed by atoms with Gasteiger partial charge in [-0.2, -0.15) is 0 Å². The van der Waals surface area contributed by atoms with Gasteiger partial charge in [-0.1, -0.05) is 29.3 Å². The first kappa shape index (κ1) is 16.2. The number of amides is 1. The van der Waals surface area contributed by atoms with Crippen molar-refractivity contribution in [2.24, 2.45) is 5.92 Å². The van der Waals surface area contributed by atoms with Gasteiger partial charge in [0.1, 0.15) is 0 Å². The molecule has 0 spiro atoms. The minimum atomic E-state index is -0.0961. The van der Waals surface area contributed by atoms with Crippen molar-refractivity contribution in [3.8, 4) is 11.3 Å². The van der Waals surface area contributed by atoms with Crippen LogP contribution in [0.3, 0.4) is 0 Å². The smallest absolute Gasteiger partial charge is 0.228 e. The van der Waals surface area contributed by atoms with Crippen LogP contribution in [-0.4, -0.2) is 10.9 Å². The molecule has 3 aromatic rings. The van der Waals surface area contributed by atoms with E-state index in [1.165, 1.54) is 12.0 Å². The monoisotopic (exact) mass is 372 g/mol. The molecule has 0 radical (unpaired) electrons. The molecule has 1 heterocycles. The first-order valence-electron chi connectivity index (χ1n) is 7.87. The van der Waals surface area contributed by atoms with Gasteiger partial charge in [0, 0.05) is 22.2 Å². The number of carbonyl (C=O) groups is 1. The third-order valence-corrected chi connectivity index (χ3v) is 4.95. The van der Waals surface area contributed by atoms with E-state index < -0.39 is 0 Å². The van der Waals surface area contributed by atoms with Crippen molar-refractivity contribution >= 4 is 34.8 Å². The van der Waals surface area contributed by atoms with Gasteiger partial charge in [-0.3, -0.25) is 4.79 Å². The lowest BCUT2D eigenvalue weighted by molar-refractivity contribution is -0.119. The Kier molecular flexibility index (Phi) is 4.24. The number of hydrogen-bond donors (Lipinski definition) is 1. The highest BCUT2D eigenvalue weighted by Gasteiger charge is 2.27. The van der Waals surface area contributed by atoms with E-state index in [0.29, 0.717) is 27.9 Å². The zero-order valence-electron chi connectivity index (χ0n) is 13.1. The van der Waals surface area contributed by atoms with Crippen LogP contribution in [0.15, 0.2) is 53.4 Å². The maximum Gasteiger partial charge on any atom is 0.228 e.